The molecule has 0 aliphatic carbocycles. The van der Waals surface area contributed by atoms with E-state index in [1.165, 1.54) is 24.3 Å². The maximum atomic E-state index is 13.5. The summed E-state index contributed by atoms with van der Waals surface area (Å²) in [6.07, 6.45) is 1.08. The molecule has 0 unspecified atom stereocenters. The van der Waals surface area contributed by atoms with Gasteiger partial charge in [0.05, 0.1) is 11.1 Å². The highest BCUT2D eigenvalue weighted by Gasteiger charge is 2.11. The van der Waals surface area contributed by atoms with Gasteiger partial charge in [-0.05, 0) is 37.3 Å². The van der Waals surface area contributed by atoms with Gasteiger partial charge in [0.25, 0.3) is 10.0 Å². The molecule has 0 radical (unpaired) electrons. The molecule has 0 aromatic heterocycles. The molecule has 0 bridgehead atoms. The molecule has 2 rings (SSSR count). The van der Waals surface area contributed by atoms with Crippen LogP contribution in [0.1, 0.15) is 11.1 Å². The highest BCUT2D eigenvalue weighted by molar-refractivity contribution is 7.89. The SMILES string of the molecule is Cc1ccc(S(=O)(=O)NN=Cc2ccc(Cl)cc2F)cc1. The first-order chi connectivity index (χ1) is 9.88. The molecule has 0 saturated heterocycles. The number of benzene rings is 2. The first kappa shape index (κ1) is 15.5. The number of nitrogens with one attached hydrogen (secondary N) is 1. The fraction of sp³-hybridized carbons (Fsp3) is 0.0714. The van der Waals surface area contributed by atoms with E-state index >= 15 is 0 Å². The molecule has 0 heterocycles. The number of hydrazone groups is 1. The molecule has 21 heavy (non-hydrogen) atoms. The summed E-state index contributed by atoms with van der Waals surface area (Å²) in [5, 5.41) is 3.81. The van der Waals surface area contributed by atoms with Gasteiger partial charge in [-0.3, -0.25) is 0 Å². The molecule has 110 valence electrons. The van der Waals surface area contributed by atoms with Crippen LogP contribution in [0.4, 0.5) is 4.39 Å². The second-order valence-corrected chi connectivity index (χ2v) is 6.43. The largest absolute Gasteiger partial charge is 0.276 e. The van der Waals surface area contributed by atoms with Crippen LogP contribution in [0.3, 0.4) is 0 Å². The van der Waals surface area contributed by atoms with Crippen LogP contribution in [-0.4, -0.2) is 14.6 Å². The quantitative estimate of drug-likeness (QED) is 0.693. The standard InChI is InChI=1S/C14H12ClFN2O2S/c1-10-2-6-13(7-3-10)21(19,20)18-17-9-11-4-5-12(15)8-14(11)16/h2-9,18H,1H3. The lowest BCUT2D eigenvalue weighted by atomic mass is 10.2. The summed E-state index contributed by atoms with van der Waals surface area (Å²) >= 11 is 5.62. The lowest BCUT2D eigenvalue weighted by Gasteiger charge is -2.03. The average molecular weight is 327 g/mol. The molecule has 0 spiro atoms. The molecule has 0 atom stereocenters. The summed E-state index contributed by atoms with van der Waals surface area (Å²) in [5.74, 6) is -0.583. The van der Waals surface area contributed by atoms with Crippen molar-refractivity contribution in [3.63, 3.8) is 0 Å². The molecule has 0 saturated carbocycles. The van der Waals surface area contributed by atoms with Crippen molar-refractivity contribution in [2.45, 2.75) is 11.8 Å². The smallest absolute Gasteiger partial charge is 0.206 e. The molecule has 2 aromatic rings. The molecule has 0 amide bonds. The molecule has 2 aromatic carbocycles. The van der Waals surface area contributed by atoms with Crippen molar-refractivity contribution in [3.8, 4) is 0 Å². The molecule has 7 heteroatoms. The zero-order valence-corrected chi connectivity index (χ0v) is 12.6. The number of halogens is 2. The van der Waals surface area contributed by atoms with Crippen molar-refractivity contribution in [3.05, 3.63) is 64.4 Å². The minimum absolute atomic E-state index is 0.0850. The maximum Gasteiger partial charge on any atom is 0.276 e. The topological polar surface area (TPSA) is 58.5 Å². The summed E-state index contributed by atoms with van der Waals surface area (Å²) < 4.78 is 37.4. The van der Waals surface area contributed by atoms with Crippen LogP contribution in [-0.2, 0) is 10.0 Å². The number of rotatable bonds is 4. The predicted molar refractivity (Wildman–Crippen MR) is 80.5 cm³/mol. The van der Waals surface area contributed by atoms with Gasteiger partial charge >= 0.3 is 0 Å². The summed E-state index contributed by atoms with van der Waals surface area (Å²) in [6.45, 7) is 1.85. The second-order valence-electron chi connectivity index (χ2n) is 4.33. The fourth-order valence-electron chi connectivity index (χ4n) is 1.54. The Labute approximate surface area is 127 Å². The number of nitrogens with zero attached hydrogens (tertiary/aromatic N) is 1. The van der Waals surface area contributed by atoms with Crippen LogP contribution in [0.25, 0.3) is 0 Å². The molecular formula is C14H12ClFN2O2S. The Balaban J connectivity index is 2.14. The maximum absolute atomic E-state index is 13.5. The Hall–Kier alpha value is -1.92. The van der Waals surface area contributed by atoms with E-state index in [2.05, 4.69) is 5.10 Å². The molecule has 0 fully saturated rings. The van der Waals surface area contributed by atoms with Crippen LogP contribution in [0, 0.1) is 12.7 Å². The van der Waals surface area contributed by atoms with Crippen molar-refractivity contribution < 1.29 is 12.8 Å². The van der Waals surface area contributed by atoms with E-state index in [0.717, 1.165) is 17.8 Å². The van der Waals surface area contributed by atoms with Gasteiger partial charge in [-0.2, -0.15) is 13.5 Å². The number of hydrogen-bond donors (Lipinski definition) is 1. The third kappa shape index (κ3) is 4.03. The summed E-state index contributed by atoms with van der Waals surface area (Å²) in [7, 11) is -3.76. The van der Waals surface area contributed by atoms with E-state index < -0.39 is 15.8 Å². The van der Waals surface area contributed by atoms with Crippen LogP contribution in [0.2, 0.25) is 5.02 Å². The van der Waals surface area contributed by atoms with Gasteiger partial charge in [0.1, 0.15) is 5.82 Å². The minimum Gasteiger partial charge on any atom is -0.206 e. The number of sulfonamides is 1. The van der Waals surface area contributed by atoms with Gasteiger partial charge in [0, 0.05) is 10.6 Å². The normalized spacial score (nSPS) is 11.8. The van der Waals surface area contributed by atoms with Crippen molar-refractivity contribution in [2.75, 3.05) is 0 Å². The number of aryl methyl sites for hydroxylation is 1. The summed E-state index contributed by atoms with van der Waals surface area (Å²) in [5.41, 5.74) is 1.08. The van der Waals surface area contributed by atoms with E-state index in [1.54, 1.807) is 12.1 Å². The molecule has 4 nitrogen and oxygen atoms in total. The minimum atomic E-state index is -3.76. The van der Waals surface area contributed by atoms with Crippen LogP contribution >= 0.6 is 11.6 Å². The predicted octanol–water partition coefficient (Wildman–Crippen LogP) is 3.10. The van der Waals surface area contributed by atoms with Crippen LogP contribution in [0.5, 0.6) is 0 Å². The molecule has 1 N–H and O–H groups in total. The zero-order chi connectivity index (χ0) is 15.5. The van der Waals surface area contributed by atoms with Gasteiger partial charge in [0.2, 0.25) is 0 Å². The summed E-state index contributed by atoms with van der Waals surface area (Å²) in [4.78, 5) is 2.11. The van der Waals surface area contributed by atoms with Gasteiger partial charge in [-0.1, -0.05) is 29.3 Å². The lowest BCUT2D eigenvalue weighted by Crippen LogP contribution is -2.18. The molecule has 0 aliphatic heterocycles. The Kier molecular flexibility index (Phi) is 4.59. The van der Waals surface area contributed by atoms with Gasteiger partial charge in [-0.25, -0.2) is 9.22 Å². The Bertz CT molecular complexity index is 774. The van der Waals surface area contributed by atoms with Crippen molar-refractivity contribution in [1.82, 2.24) is 4.83 Å². The molecular weight excluding hydrogens is 315 g/mol. The Morgan fingerprint density at radius 3 is 2.48 bits per heavy atom. The first-order valence-corrected chi connectivity index (χ1v) is 7.81. The van der Waals surface area contributed by atoms with Gasteiger partial charge < -0.3 is 0 Å². The third-order valence-electron chi connectivity index (χ3n) is 2.67. The van der Waals surface area contributed by atoms with E-state index in [0.29, 0.717) is 0 Å². The van der Waals surface area contributed by atoms with Crippen molar-refractivity contribution >= 4 is 27.8 Å². The van der Waals surface area contributed by atoms with Crippen LogP contribution in [0.15, 0.2) is 52.5 Å². The lowest BCUT2D eigenvalue weighted by molar-refractivity contribution is 0.584. The Morgan fingerprint density at radius 1 is 1.19 bits per heavy atom. The average Bonchev–Trinajstić information content (AvgIpc) is 2.41. The highest BCUT2D eigenvalue weighted by Crippen LogP contribution is 2.13. The van der Waals surface area contributed by atoms with Crippen LogP contribution < -0.4 is 4.83 Å². The van der Waals surface area contributed by atoms with E-state index in [9.17, 15) is 12.8 Å². The van der Waals surface area contributed by atoms with E-state index in [4.69, 9.17) is 11.6 Å². The van der Waals surface area contributed by atoms with Gasteiger partial charge in [0.15, 0.2) is 0 Å². The summed E-state index contributed by atoms with van der Waals surface area (Å²) in [6, 6.07) is 10.3. The number of hydrogen-bond acceptors (Lipinski definition) is 3. The zero-order valence-electron chi connectivity index (χ0n) is 11.0. The van der Waals surface area contributed by atoms with E-state index in [1.807, 2.05) is 11.8 Å². The first-order valence-electron chi connectivity index (χ1n) is 5.95. The van der Waals surface area contributed by atoms with Gasteiger partial charge in [-0.15, -0.1) is 0 Å². The monoisotopic (exact) mass is 326 g/mol. The second kappa shape index (κ2) is 6.24. The highest BCUT2D eigenvalue weighted by atomic mass is 35.5. The Morgan fingerprint density at radius 2 is 1.86 bits per heavy atom. The van der Waals surface area contributed by atoms with E-state index in [-0.39, 0.29) is 15.5 Å². The fourth-order valence-corrected chi connectivity index (χ4v) is 2.49. The molecule has 0 aliphatic rings. The van der Waals surface area contributed by atoms with Crippen molar-refractivity contribution in [2.24, 2.45) is 5.10 Å². The van der Waals surface area contributed by atoms with Crippen molar-refractivity contribution in [1.29, 1.82) is 0 Å². The third-order valence-corrected chi connectivity index (χ3v) is 4.14.